The van der Waals surface area contributed by atoms with Crippen molar-refractivity contribution >= 4 is 40.4 Å². The minimum absolute atomic E-state index is 0.314. The summed E-state index contributed by atoms with van der Waals surface area (Å²) in [5.74, 6) is -0.397. The van der Waals surface area contributed by atoms with E-state index in [1.807, 2.05) is 6.07 Å². The zero-order chi connectivity index (χ0) is 17.3. The molecule has 0 bridgehead atoms. The summed E-state index contributed by atoms with van der Waals surface area (Å²) in [4.78, 5) is 30.8. The normalized spacial score (nSPS) is 12.3. The van der Waals surface area contributed by atoms with Crippen LogP contribution in [0.25, 0.3) is 16.7 Å². The average Bonchev–Trinajstić information content (AvgIpc) is 2.98. The number of fused-ring (bicyclic) bond motifs is 1. The zero-order valence-corrected chi connectivity index (χ0v) is 14.4. The Morgan fingerprint density at radius 3 is 2.96 bits per heavy atom. The number of aromatic amines is 1. The molecule has 0 radical (unpaired) electrons. The summed E-state index contributed by atoms with van der Waals surface area (Å²) in [6.45, 7) is 1.68. The number of nitrogens with zero attached hydrogens (tertiary/aromatic N) is 3. The molecule has 24 heavy (non-hydrogen) atoms. The highest BCUT2D eigenvalue weighted by Gasteiger charge is 2.18. The first-order chi connectivity index (χ1) is 11.5. The lowest BCUT2D eigenvalue weighted by molar-refractivity contribution is -0.139. The van der Waals surface area contributed by atoms with E-state index in [-0.39, 0.29) is 5.56 Å². The van der Waals surface area contributed by atoms with E-state index in [0.717, 1.165) is 11.8 Å². The van der Waals surface area contributed by atoms with Crippen molar-refractivity contribution in [3.63, 3.8) is 0 Å². The molecule has 0 fully saturated rings. The second-order valence-corrected chi connectivity index (χ2v) is 6.69. The van der Waals surface area contributed by atoms with Crippen LogP contribution in [0.4, 0.5) is 0 Å². The molecule has 1 unspecified atom stereocenters. The summed E-state index contributed by atoms with van der Waals surface area (Å²) in [5.41, 5.74) is 0.751. The number of esters is 1. The number of methoxy groups -OCH3 is 1. The first kappa shape index (κ1) is 16.5. The predicted octanol–water partition coefficient (Wildman–Crippen LogP) is 2.42. The SMILES string of the molecule is COC(=O)C(C)Sc1nc2c(cnn2-c2cccc(Cl)c2)c(=O)[nH]1. The van der Waals surface area contributed by atoms with Crippen LogP contribution < -0.4 is 5.56 Å². The Morgan fingerprint density at radius 1 is 1.46 bits per heavy atom. The summed E-state index contributed by atoms with van der Waals surface area (Å²) in [6.07, 6.45) is 1.44. The van der Waals surface area contributed by atoms with Gasteiger partial charge in [0.25, 0.3) is 5.56 Å². The largest absolute Gasteiger partial charge is 0.468 e. The smallest absolute Gasteiger partial charge is 0.318 e. The van der Waals surface area contributed by atoms with Crippen molar-refractivity contribution in [1.82, 2.24) is 19.7 Å². The molecule has 124 valence electrons. The van der Waals surface area contributed by atoms with Crippen molar-refractivity contribution < 1.29 is 9.53 Å². The van der Waals surface area contributed by atoms with Crippen molar-refractivity contribution in [2.75, 3.05) is 7.11 Å². The number of hydrogen-bond acceptors (Lipinski definition) is 6. The van der Waals surface area contributed by atoms with E-state index < -0.39 is 11.2 Å². The van der Waals surface area contributed by atoms with Crippen molar-refractivity contribution in [2.24, 2.45) is 0 Å². The molecule has 0 saturated carbocycles. The molecule has 0 aliphatic heterocycles. The molecular formula is C15H13ClN4O3S. The van der Waals surface area contributed by atoms with E-state index in [0.29, 0.717) is 26.9 Å². The van der Waals surface area contributed by atoms with E-state index in [2.05, 4.69) is 19.8 Å². The second kappa shape index (κ2) is 6.66. The molecule has 9 heteroatoms. The average molecular weight is 365 g/mol. The molecule has 1 N–H and O–H groups in total. The number of carbonyl (C=O) groups is 1. The molecule has 3 aromatic rings. The fraction of sp³-hybridized carbons (Fsp3) is 0.200. The Bertz CT molecular complexity index is 969. The number of nitrogens with one attached hydrogen (secondary N) is 1. The fourth-order valence-electron chi connectivity index (χ4n) is 2.13. The van der Waals surface area contributed by atoms with Gasteiger partial charge in [-0.2, -0.15) is 5.10 Å². The second-order valence-electron chi connectivity index (χ2n) is 4.93. The van der Waals surface area contributed by atoms with Gasteiger partial charge in [-0.1, -0.05) is 29.4 Å². The van der Waals surface area contributed by atoms with Gasteiger partial charge < -0.3 is 9.72 Å². The van der Waals surface area contributed by atoms with Crippen LogP contribution in [-0.4, -0.2) is 38.1 Å². The number of carbonyl (C=O) groups excluding carboxylic acids is 1. The number of thioether (sulfide) groups is 1. The number of aromatic nitrogens is 4. The standard InChI is InChI=1S/C15H13ClN4O3S/c1-8(14(22)23-2)24-15-18-12-11(13(21)19-15)7-17-20(12)10-5-3-4-9(16)6-10/h3-8H,1-2H3,(H,18,19,21). The Balaban J connectivity index is 2.07. The highest BCUT2D eigenvalue weighted by molar-refractivity contribution is 8.00. The van der Waals surface area contributed by atoms with E-state index in [9.17, 15) is 9.59 Å². The lowest BCUT2D eigenvalue weighted by Gasteiger charge is -2.08. The van der Waals surface area contributed by atoms with Gasteiger partial charge >= 0.3 is 5.97 Å². The minimum Gasteiger partial charge on any atom is -0.468 e. The van der Waals surface area contributed by atoms with Crippen LogP contribution >= 0.6 is 23.4 Å². The first-order valence-corrected chi connectivity index (χ1v) is 8.24. The maximum absolute atomic E-state index is 12.2. The summed E-state index contributed by atoms with van der Waals surface area (Å²) in [7, 11) is 1.31. The maximum Gasteiger partial charge on any atom is 0.318 e. The number of halogens is 1. The molecule has 2 heterocycles. The molecule has 1 aromatic carbocycles. The molecule has 0 saturated heterocycles. The third-order valence-corrected chi connectivity index (χ3v) is 4.49. The van der Waals surface area contributed by atoms with Crippen LogP contribution in [0.2, 0.25) is 5.02 Å². The van der Waals surface area contributed by atoms with Crippen LogP contribution in [0.3, 0.4) is 0 Å². The molecule has 0 aliphatic rings. The van der Waals surface area contributed by atoms with E-state index >= 15 is 0 Å². The molecular weight excluding hydrogens is 352 g/mol. The molecule has 3 rings (SSSR count). The third-order valence-electron chi connectivity index (χ3n) is 3.29. The van der Waals surface area contributed by atoms with E-state index in [1.54, 1.807) is 25.1 Å². The number of rotatable bonds is 4. The number of hydrogen-bond donors (Lipinski definition) is 1. The summed E-state index contributed by atoms with van der Waals surface area (Å²) in [5, 5.41) is 4.93. The van der Waals surface area contributed by atoms with E-state index in [1.165, 1.54) is 18.0 Å². The molecule has 1 atom stereocenters. The summed E-state index contributed by atoms with van der Waals surface area (Å²) < 4.78 is 6.21. The third kappa shape index (κ3) is 3.15. The first-order valence-electron chi connectivity index (χ1n) is 6.98. The highest BCUT2D eigenvalue weighted by atomic mass is 35.5. The molecule has 0 spiro atoms. The molecule has 0 aliphatic carbocycles. The monoisotopic (exact) mass is 364 g/mol. The Kier molecular flexibility index (Phi) is 4.59. The van der Waals surface area contributed by atoms with Crippen LogP contribution in [0.1, 0.15) is 6.92 Å². The Labute approximate surface area is 146 Å². The van der Waals surface area contributed by atoms with Crippen LogP contribution in [0.15, 0.2) is 40.4 Å². The van der Waals surface area contributed by atoms with Crippen molar-refractivity contribution in [2.45, 2.75) is 17.3 Å². The Morgan fingerprint density at radius 2 is 2.25 bits per heavy atom. The van der Waals surface area contributed by atoms with Gasteiger partial charge in [-0.05, 0) is 25.1 Å². The Hall–Kier alpha value is -2.32. The zero-order valence-electron chi connectivity index (χ0n) is 12.8. The van der Waals surface area contributed by atoms with Crippen molar-refractivity contribution in [3.05, 3.63) is 45.8 Å². The fourth-order valence-corrected chi connectivity index (χ4v) is 3.14. The quantitative estimate of drug-likeness (QED) is 0.434. The van der Waals surface area contributed by atoms with E-state index in [4.69, 9.17) is 11.6 Å². The summed E-state index contributed by atoms with van der Waals surface area (Å²) >= 11 is 7.12. The maximum atomic E-state index is 12.2. The predicted molar refractivity (Wildman–Crippen MR) is 91.8 cm³/mol. The van der Waals surface area contributed by atoms with Gasteiger partial charge in [0.05, 0.1) is 19.0 Å². The van der Waals surface area contributed by atoms with Gasteiger partial charge in [-0.3, -0.25) is 9.59 Å². The van der Waals surface area contributed by atoms with Gasteiger partial charge in [-0.15, -0.1) is 0 Å². The van der Waals surface area contributed by atoms with Crippen molar-refractivity contribution in [3.8, 4) is 5.69 Å². The lowest BCUT2D eigenvalue weighted by Crippen LogP contribution is -2.17. The highest BCUT2D eigenvalue weighted by Crippen LogP contribution is 2.22. The minimum atomic E-state index is -0.502. The van der Waals surface area contributed by atoms with Crippen LogP contribution in [-0.2, 0) is 9.53 Å². The van der Waals surface area contributed by atoms with Crippen molar-refractivity contribution in [1.29, 1.82) is 0 Å². The van der Waals surface area contributed by atoms with Crippen LogP contribution in [0.5, 0.6) is 0 Å². The number of H-pyrrole nitrogens is 1. The van der Waals surface area contributed by atoms with Gasteiger partial charge in [0.2, 0.25) is 0 Å². The number of ether oxygens (including phenoxy) is 1. The molecule has 0 amide bonds. The van der Waals surface area contributed by atoms with Gasteiger partial charge in [0.15, 0.2) is 10.8 Å². The molecule has 2 aromatic heterocycles. The topological polar surface area (TPSA) is 89.9 Å². The van der Waals surface area contributed by atoms with Gasteiger partial charge in [0.1, 0.15) is 10.6 Å². The molecule has 7 nitrogen and oxygen atoms in total. The lowest BCUT2D eigenvalue weighted by atomic mass is 10.3. The summed E-state index contributed by atoms with van der Waals surface area (Å²) in [6, 6.07) is 7.06. The van der Waals surface area contributed by atoms with Gasteiger partial charge in [0, 0.05) is 5.02 Å². The van der Waals surface area contributed by atoms with Gasteiger partial charge in [-0.25, -0.2) is 9.67 Å². The van der Waals surface area contributed by atoms with Crippen LogP contribution in [0, 0.1) is 0 Å². The number of benzene rings is 1.